The topological polar surface area (TPSA) is 38.0 Å². The van der Waals surface area contributed by atoms with E-state index in [1.54, 1.807) is 0 Å². The van der Waals surface area contributed by atoms with Crippen molar-refractivity contribution in [2.45, 2.75) is 45.6 Å². The number of nitrogens with one attached hydrogen (secondary N) is 1. The van der Waals surface area contributed by atoms with Gasteiger partial charge in [0.15, 0.2) is 0 Å². The number of hydrogen-bond donors (Lipinski definition) is 2. The molecule has 2 nitrogen and oxygen atoms in total. The molecule has 0 aromatic heterocycles. The molecule has 1 fully saturated rings. The van der Waals surface area contributed by atoms with Crippen molar-refractivity contribution >= 4 is 0 Å². The minimum absolute atomic E-state index is 0.210. The monoisotopic (exact) mass is 170 g/mol. The summed E-state index contributed by atoms with van der Waals surface area (Å²) in [5.74, 6) is 0. The highest BCUT2D eigenvalue weighted by atomic mass is 15.0. The molecule has 0 aromatic carbocycles. The van der Waals surface area contributed by atoms with Gasteiger partial charge in [0.2, 0.25) is 0 Å². The largest absolute Gasteiger partial charge is 0.329 e. The van der Waals surface area contributed by atoms with Crippen LogP contribution in [0, 0.1) is 5.41 Å². The molecule has 1 saturated carbocycles. The Balaban J connectivity index is 2.76. The summed E-state index contributed by atoms with van der Waals surface area (Å²) in [4.78, 5) is 0. The third-order valence-corrected chi connectivity index (χ3v) is 3.56. The zero-order chi connectivity index (χ0) is 9.24. The fourth-order valence-electron chi connectivity index (χ4n) is 2.53. The second-order valence-electron chi connectivity index (χ2n) is 4.55. The molecule has 0 aliphatic heterocycles. The van der Waals surface area contributed by atoms with Crippen LogP contribution in [0.2, 0.25) is 0 Å². The van der Waals surface area contributed by atoms with Crippen LogP contribution in [0.4, 0.5) is 0 Å². The smallest absolute Gasteiger partial charge is 0.0355 e. The first-order chi connectivity index (χ1) is 5.58. The first-order valence-electron chi connectivity index (χ1n) is 5.03. The molecule has 1 rings (SSSR count). The van der Waals surface area contributed by atoms with Crippen LogP contribution in [0.15, 0.2) is 0 Å². The Hall–Kier alpha value is -0.0800. The second-order valence-corrected chi connectivity index (χ2v) is 4.55. The standard InChI is InChI=1S/C10H22N2/c1-4-12-10(8-11)7-5-6-9(10,2)3/h12H,4-8,11H2,1-3H3. The molecule has 0 bridgehead atoms. The van der Waals surface area contributed by atoms with Gasteiger partial charge in [0.1, 0.15) is 0 Å². The zero-order valence-corrected chi connectivity index (χ0v) is 8.61. The lowest BCUT2D eigenvalue weighted by Gasteiger charge is -2.41. The van der Waals surface area contributed by atoms with Crippen LogP contribution in [-0.2, 0) is 0 Å². The summed E-state index contributed by atoms with van der Waals surface area (Å²) in [6, 6.07) is 0. The SMILES string of the molecule is CCNC1(CN)CCCC1(C)C. The Kier molecular flexibility index (Phi) is 2.79. The van der Waals surface area contributed by atoms with E-state index >= 15 is 0 Å². The first-order valence-corrected chi connectivity index (χ1v) is 5.03. The molecule has 2 heteroatoms. The summed E-state index contributed by atoms with van der Waals surface area (Å²) in [5.41, 5.74) is 6.45. The van der Waals surface area contributed by atoms with Crippen LogP contribution in [0.5, 0.6) is 0 Å². The van der Waals surface area contributed by atoms with Crippen LogP contribution in [0.25, 0.3) is 0 Å². The van der Waals surface area contributed by atoms with Crippen LogP contribution in [0.3, 0.4) is 0 Å². The molecular weight excluding hydrogens is 148 g/mol. The molecular formula is C10H22N2. The molecule has 0 radical (unpaired) electrons. The minimum atomic E-state index is 0.210. The molecule has 0 amide bonds. The van der Waals surface area contributed by atoms with Gasteiger partial charge in [0, 0.05) is 12.1 Å². The number of rotatable bonds is 3. The summed E-state index contributed by atoms with van der Waals surface area (Å²) < 4.78 is 0. The lowest BCUT2D eigenvalue weighted by atomic mass is 9.75. The van der Waals surface area contributed by atoms with Gasteiger partial charge in [-0.3, -0.25) is 0 Å². The molecule has 72 valence electrons. The lowest BCUT2D eigenvalue weighted by molar-refractivity contribution is 0.167. The van der Waals surface area contributed by atoms with Crippen molar-refractivity contribution in [2.75, 3.05) is 13.1 Å². The molecule has 1 atom stereocenters. The fourth-order valence-corrected chi connectivity index (χ4v) is 2.53. The molecule has 1 aliphatic rings. The van der Waals surface area contributed by atoms with Gasteiger partial charge in [-0.05, 0) is 24.8 Å². The second kappa shape index (κ2) is 3.35. The highest BCUT2D eigenvalue weighted by Crippen LogP contribution is 2.45. The van der Waals surface area contributed by atoms with Crippen LogP contribution < -0.4 is 11.1 Å². The maximum Gasteiger partial charge on any atom is 0.0355 e. The van der Waals surface area contributed by atoms with Crippen LogP contribution >= 0.6 is 0 Å². The van der Waals surface area contributed by atoms with Crippen molar-refractivity contribution in [3.8, 4) is 0 Å². The molecule has 12 heavy (non-hydrogen) atoms. The van der Waals surface area contributed by atoms with E-state index in [0.29, 0.717) is 5.41 Å². The highest BCUT2D eigenvalue weighted by Gasteiger charge is 2.46. The minimum Gasteiger partial charge on any atom is -0.329 e. The van der Waals surface area contributed by atoms with E-state index in [1.807, 2.05) is 0 Å². The number of likely N-dealkylation sites (N-methyl/N-ethyl adjacent to an activating group) is 1. The van der Waals surface area contributed by atoms with E-state index in [-0.39, 0.29) is 5.54 Å². The Labute approximate surface area is 75.9 Å². The number of nitrogens with two attached hydrogens (primary N) is 1. The van der Waals surface area contributed by atoms with Crippen molar-refractivity contribution < 1.29 is 0 Å². The van der Waals surface area contributed by atoms with Gasteiger partial charge in [0.25, 0.3) is 0 Å². The maximum atomic E-state index is 5.87. The fraction of sp³-hybridized carbons (Fsp3) is 1.00. The summed E-state index contributed by atoms with van der Waals surface area (Å²) in [7, 11) is 0. The Morgan fingerprint density at radius 1 is 1.33 bits per heavy atom. The van der Waals surface area contributed by atoms with Gasteiger partial charge >= 0.3 is 0 Å². The van der Waals surface area contributed by atoms with Gasteiger partial charge in [0.05, 0.1) is 0 Å². The Morgan fingerprint density at radius 3 is 2.33 bits per heavy atom. The van der Waals surface area contributed by atoms with Crippen molar-refractivity contribution in [1.82, 2.24) is 5.32 Å². The average Bonchev–Trinajstić information content (AvgIpc) is 2.29. The predicted octanol–water partition coefficient (Wildman–Crippen LogP) is 1.50. The van der Waals surface area contributed by atoms with Crippen LogP contribution in [-0.4, -0.2) is 18.6 Å². The molecule has 1 aliphatic carbocycles. The molecule has 0 heterocycles. The molecule has 3 N–H and O–H groups in total. The number of hydrogen-bond acceptors (Lipinski definition) is 2. The molecule has 0 saturated heterocycles. The quantitative estimate of drug-likeness (QED) is 0.673. The van der Waals surface area contributed by atoms with Gasteiger partial charge in [-0.1, -0.05) is 27.2 Å². The van der Waals surface area contributed by atoms with Crippen molar-refractivity contribution in [3.63, 3.8) is 0 Å². The van der Waals surface area contributed by atoms with Crippen molar-refractivity contribution in [3.05, 3.63) is 0 Å². The normalized spacial score (nSPS) is 34.0. The molecule has 0 aromatic rings. The first kappa shape index (κ1) is 10.0. The summed E-state index contributed by atoms with van der Waals surface area (Å²) >= 11 is 0. The van der Waals surface area contributed by atoms with E-state index < -0.39 is 0 Å². The third-order valence-electron chi connectivity index (χ3n) is 3.56. The van der Waals surface area contributed by atoms with Gasteiger partial charge < -0.3 is 11.1 Å². The third kappa shape index (κ3) is 1.38. The zero-order valence-electron chi connectivity index (χ0n) is 8.61. The van der Waals surface area contributed by atoms with Crippen molar-refractivity contribution in [1.29, 1.82) is 0 Å². The summed E-state index contributed by atoms with van der Waals surface area (Å²) in [6.45, 7) is 8.62. The van der Waals surface area contributed by atoms with Crippen molar-refractivity contribution in [2.24, 2.45) is 11.1 Å². The average molecular weight is 170 g/mol. The van der Waals surface area contributed by atoms with Gasteiger partial charge in [-0.25, -0.2) is 0 Å². The van der Waals surface area contributed by atoms with E-state index in [4.69, 9.17) is 5.73 Å². The Bertz CT molecular complexity index is 154. The van der Waals surface area contributed by atoms with E-state index in [2.05, 4.69) is 26.1 Å². The van der Waals surface area contributed by atoms with E-state index in [0.717, 1.165) is 13.1 Å². The van der Waals surface area contributed by atoms with E-state index in [1.165, 1.54) is 19.3 Å². The highest BCUT2D eigenvalue weighted by molar-refractivity contribution is 5.05. The lowest BCUT2D eigenvalue weighted by Crippen LogP contribution is -2.57. The van der Waals surface area contributed by atoms with E-state index in [9.17, 15) is 0 Å². The molecule has 1 unspecified atom stereocenters. The molecule has 0 spiro atoms. The van der Waals surface area contributed by atoms with Crippen LogP contribution in [0.1, 0.15) is 40.0 Å². The summed E-state index contributed by atoms with van der Waals surface area (Å²) in [6.07, 6.45) is 3.86. The Morgan fingerprint density at radius 2 is 2.00 bits per heavy atom. The predicted molar refractivity (Wildman–Crippen MR) is 53.1 cm³/mol. The summed E-state index contributed by atoms with van der Waals surface area (Å²) in [5, 5.41) is 3.57. The van der Waals surface area contributed by atoms with Gasteiger partial charge in [-0.2, -0.15) is 0 Å². The van der Waals surface area contributed by atoms with Gasteiger partial charge in [-0.15, -0.1) is 0 Å². The maximum absolute atomic E-state index is 5.87.